The van der Waals surface area contributed by atoms with E-state index in [4.69, 9.17) is 5.26 Å². The van der Waals surface area contributed by atoms with Crippen molar-refractivity contribution in [2.45, 2.75) is 4.34 Å². The van der Waals surface area contributed by atoms with Crippen LogP contribution in [0.15, 0.2) is 16.5 Å². The highest BCUT2D eigenvalue weighted by Crippen LogP contribution is 2.30. The van der Waals surface area contributed by atoms with Crippen LogP contribution in [-0.2, 0) is 0 Å². The van der Waals surface area contributed by atoms with Gasteiger partial charge in [0.05, 0.1) is 16.3 Å². The minimum atomic E-state index is -0.421. The number of nitriles is 1. The Morgan fingerprint density at radius 3 is 3.00 bits per heavy atom. The fourth-order valence-electron chi connectivity index (χ4n) is 1.12. The average Bonchev–Trinajstić information content (AvgIpc) is 2.61. The lowest BCUT2D eigenvalue weighted by atomic mass is 10.2. The van der Waals surface area contributed by atoms with Crippen LogP contribution < -0.4 is 0 Å². The SMILES string of the molecule is CSc1nc2c(F)cc(C#N)cc2s1. The molecule has 0 aliphatic heterocycles. The van der Waals surface area contributed by atoms with Crippen LogP contribution in [0.3, 0.4) is 0 Å². The zero-order valence-corrected chi connectivity index (χ0v) is 8.88. The van der Waals surface area contributed by atoms with E-state index in [-0.39, 0.29) is 0 Å². The number of hydrogen-bond donors (Lipinski definition) is 0. The zero-order valence-electron chi connectivity index (χ0n) is 7.24. The third-order valence-corrected chi connectivity index (χ3v) is 3.72. The Hall–Kier alpha value is -1.12. The zero-order chi connectivity index (χ0) is 10.1. The van der Waals surface area contributed by atoms with Crippen molar-refractivity contribution in [1.29, 1.82) is 5.26 Å². The molecule has 0 unspecified atom stereocenters. The molecule has 0 saturated carbocycles. The third kappa shape index (κ3) is 1.47. The first-order valence-corrected chi connectivity index (χ1v) is 5.83. The fraction of sp³-hybridized carbons (Fsp3) is 0.111. The van der Waals surface area contributed by atoms with Crippen molar-refractivity contribution >= 4 is 33.3 Å². The molecule has 1 heterocycles. The van der Waals surface area contributed by atoms with Crippen LogP contribution in [0, 0.1) is 17.1 Å². The van der Waals surface area contributed by atoms with Gasteiger partial charge in [0.2, 0.25) is 0 Å². The van der Waals surface area contributed by atoms with Crippen molar-refractivity contribution < 1.29 is 4.39 Å². The highest BCUT2D eigenvalue weighted by atomic mass is 32.2. The van der Waals surface area contributed by atoms with Gasteiger partial charge in [0, 0.05) is 0 Å². The van der Waals surface area contributed by atoms with Gasteiger partial charge < -0.3 is 0 Å². The Bertz CT molecular complexity index is 527. The molecule has 1 aromatic heterocycles. The van der Waals surface area contributed by atoms with Gasteiger partial charge in [-0.25, -0.2) is 9.37 Å². The molecule has 2 aromatic rings. The molecule has 0 amide bonds. The summed E-state index contributed by atoms with van der Waals surface area (Å²) in [4.78, 5) is 4.10. The summed E-state index contributed by atoms with van der Waals surface area (Å²) in [6.45, 7) is 0. The second-order valence-electron chi connectivity index (χ2n) is 2.60. The molecule has 0 fully saturated rings. The molecule has 2 nitrogen and oxygen atoms in total. The quantitative estimate of drug-likeness (QED) is 0.699. The summed E-state index contributed by atoms with van der Waals surface area (Å²) in [7, 11) is 0. The monoisotopic (exact) mass is 224 g/mol. The molecule has 70 valence electrons. The smallest absolute Gasteiger partial charge is 0.151 e. The van der Waals surface area contributed by atoms with Gasteiger partial charge in [0.25, 0.3) is 0 Å². The first-order chi connectivity index (χ1) is 6.74. The van der Waals surface area contributed by atoms with Crippen LogP contribution in [0.25, 0.3) is 10.2 Å². The van der Waals surface area contributed by atoms with Crippen LogP contribution in [0.4, 0.5) is 4.39 Å². The van der Waals surface area contributed by atoms with Gasteiger partial charge in [-0.05, 0) is 18.4 Å². The maximum atomic E-state index is 13.4. The molecule has 1 aromatic carbocycles. The average molecular weight is 224 g/mol. The summed E-state index contributed by atoms with van der Waals surface area (Å²) in [6, 6.07) is 4.80. The first kappa shape index (κ1) is 9.44. The molecule has 0 radical (unpaired) electrons. The standard InChI is InChI=1S/C9H5FN2S2/c1-13-9-12-8-6(10)2-5(4-11)3-7(8)14-9/h2-3H,1H3. The van der Waals surface area contributed by atoms with Gasteiger partial charge in [-0.2, -0.15) is 5.26 Å². The molecule has 0 spiro atoms. The predicted octanol–water partition coefficient (Wildman–Crippen LogP) is 3.03. The van der Waals surface area contributed by atoms with Crippen LogP contribution in [0.2, 0.25) is 0 Å². The number of thioether (sulfide) groups is 1. The minimum absolute atomic E-state index is 0.339. The molecular weight excluding hydrogens is 219 g/mol. The van der Waals surface area contributed by atoms with E-state index in [2.05, 4.69) is 4.98 Å². The van der Waals surface area contributed by atoms with Crippen LogP contribution in [0.5, 0.6) is 0 Å². The number of benzene rings is 1. The molecular formula is C9H5FN2S2. The van der Waals surface area contributed by atoms with Crippen molar-refractivity contribution in [3.63, 3.8) is 0 Å². The summed E-state index contributed by atoms with van der Waals surface area (Å²) in [5.74, 6) is -0.421. The number of hydrogen-bond acceptors (Lipinski definition) is 4. The number of nitrogens with zero attached hydrogens (tertiary/aromatic N) is 2. The van der Waals surface area contributed by atoms with Crippen molar-refractivity contribution in [3.8, 4) is 6.07 Å². The Morgan fingerprint density at radius 1 is 1.57 bits per heavy atom. The minimum Gasteiger partial charge on any atom is -0.227 e. The summed E-state index contributed by atoms with van der Waals surface area (Å²) in [6.07, 6.45) is 1.89. The molecule has 0 atom stereocenters. The third-order valence-electron chi connectivity index (χ3n) is 1.73. The summed E-state index contributed by atoms with van der Waals surface area (Å²) >= 11 is 2.88. The van der Waals surface area contributed by atoms with Gasteiger partial charge in [-0.3, -0.25) is 0 Å². The fourth-order valence-corrected chi connectivity index (χ4v) is 2.66. The van der Waals surface area contributed by atoms with Crippen LogP contribution >= 0.6 is 23.1 Å². The lowest BCUT2D eigenvalue weighted by molar-refractivity contribution is 0.636. The second kappa shape index (κ2) is 3.56. The van der Waals surface area contributed by atoms with E-state index < -0.39 is 5.82 Å². The van der Waals surface area contributed by atoms with Crippen molar-refractivity contribution in [3.05, 3.63) is 23.5 Å². The molecule has 0 saturated heterocycles. The summed E-state index contributed by atoms with van der Waals surface area (Å²) in [5.41, 5.74) is 0.699. The molecule has 0 aliphatic carbocycles. The predicted molar refractivity (Wildman–Crippen MR) is 56.1 cm³/mol. The summed E-state index contributed by atoms with van der Waals surface area (Å²) in [5, 5.41) is 8.65. The molecule has 0 N–H and O–H groups in total. The number of fused-ring (bicyclic) bond motifs is 1. The Morgan fingerprint density at radius 2 is 2.36 bits per heavy atom. The Labute approximate surface area is 88.4 Å². The van der Waals surface area contributed by atoms with Gasteiger partial charge in [0.15, 0.2) is 10.2 Å². The van der Waals surface area contributed by atoms with Crippen LogP contribution in [0.1, 0.15) is 5.56 Å². The molecule has 14 heavy (non-hydrogen) atoms. The van der Waals surface area contributed by atoms with E-state index in [1.54, 1.807) is 6.07 Å². The molecule has 0 aliphatic rings. The van der Waals surface area contributed by atoms with Crippen molar-refractivity contribution in [2.24, 2.45) is 0 Å². The van der Waals surface area contributed by atoms with E-state index in [0.717, 1.165) is 9.04 Å². The molecule has 0 bridgehead atoms. The topological polar surface area (TPSA) is 36.7 Å². The van der Waals surface area contributed by atoms with E-state index in [0.29, 0.717) is 11.1 Å². The Balaban J connectivity index is 2.75. The van der Waals surface area contributed by atoms with E-state index in [1.807, 2.05) is 12.3 Å². The van der Waals surface area contributed by atoms with E-state index in [1.165, 1.54) is 29.2 Å². The highest BCUT2D eigenvalue weighted by molar-refractivity contribution is 8.00. The first-order valence-electron chi connectivity index (χ1n) is 3.79. The lowest BCUT2D eigenvalue weighted by Gasteiger charge is -1.90. The maximum Gasteiger partial charge on any atom is 0.151 e. The van der Waals surface area contributed by atoms with Gasteiger partial charge in [-0.1, -0.05) is 11.8 Å². The summed E-state index contributed by atoms with van der Waals surface area (Å²) < 4.78 is 14.9. The second-order valence-corrected chi connectivity index (χ2v) is 4.68. The number of halogens is 1. The molecule has 2 rings (SSSR count). The lowest BCUT2D eigenvalue weighted by Crippen LogP contribution is -1.80. The highest BCUT2D eigenvalue weighted by Gasteiger charge is 2.09. The van der Waals surface area contributed by atoms with E-state index >= 15 is 0 Å². The van der Waals surface area contributed by atoms with Gasteiger partial charge in [0.1, 0.15) is 5.52 Å². The number of aromatic nitrogens is 1. The van der Waals surface area contributed by atoms with Gasteiger partial charge in [-0.15, -0.1) is 11.3 Å². The molecule has 5 heteroatoms. The van der Waals surface area contributed by atoms with Crippen molar-refractivity contribution in [1.82, 2.24) is 4.98 Å². The van der Waals surface area contributed by atoms with Crippen LogP contribution in [-0.4, -0.2) is 11.2 Å². The maximum absolute atomic E-state index is 13.4. The Kier molecular flexibility index (Phi) is 2.40. The normalized spacial score (nSPS) is 10.4. The largest absolute Gasteiger partial charge is 0.227 e. The van der Waals surface area contributed by atoms with Crippen molar-refractivity contribution in [2.75, 3.05) is 6.26 Å². The van der Waals surface area contributed by atoms with E-state index in [9.17, 15) is 4.39 Å². The number of thiazole rings is 1. The van der Waals surface area contributed by atoms with Gasteiger partial charge >= 0.3 is 0 Å². The number of rotatable bonds is 1.